The van der Waals surface area contributed by atoms with E-state index in [1.54, 1.807) is 0 Å². The van der Waals surface area contributed by atoms with Gasteiger partial charge in [-0.1, -0.05) is 6.07 Å². The molecule has 3 N–H and O–H groups in total. The number of aliphatic hydroxyl groups is 1. The van der Waals surface area contributed by atoms with Crippen LogP contribution in [0.1, 0.15) is 36.0 Å². The van der Waals surface area contributed by atoms with Gasteiger partial charge in [-0.05, 0) is 43.9 Å². The number of benzene rings is 1. The number of amides is 2. The molecule has 126 valence electrons. The molecule has 0 atom stereocenters. The van der Waals surface area contributed by atoms with Crippen LogP contribution in [0, 0.1) is 0 Å². The van der Waals surface area contributed by atoms with Crippen molar-refractivity contribution in [2.24, 2.45) is 0 Å². The number of likely N-dealkylation sites (tertiary alicyclic amines) is 1. The highest BCUT2D eigenvalue weighted by molar-refractivity contribution is 5.95. The Balaban J connectivity index is 1.80. The standard InChI is InChI=1S/C17H25N3O3/c21-13-16(22)19-9-5-8-18-15-7-4-6-14(12-15)17(23)20-10-2-1-3-11-20/h4,6-7,12,18,21H,1-3,5,8-11,13H2,(H,19,22). The molecule has 0 aliphatic carbocycles. The minimum Gasteiger partial charge on any atom is -0.387 e. The van der Waals surface area contributed by atoms with E-state index in [4.69, 9.17) is 5.11 Å². The molecule has 1 aromatic carbocycles. The van der Waals surface area contributed by atoms with Crippen LogP contribution in [0.15, 0.2) is 24.3 Å². The fourth-order valence-corrected chi connectivity index (χ4v) is 2.65. The van der Waals surface area contributed by atoms with E-state index >= 15 is 0 Å². The van der Waals surface area contributed by atoms with Gasteiger partial charge in [0.05, 0.1) is 0 Å². The van der Waals surface area contributed by atoms with Crippen LogP contribution >= 0.6 is 0 Å². The summed E-state index contributed by atoms with van der Waals surface area (Å²) >= 11 is 0. The smallest absolute Gasteiger partial charge is 0.253 e. The molecule has 1 saturated heterocycles. The topological polar surface area (TPSA) is 81.7 Å². The Kier molecular flexibility index (Phi) is 6.87. The number of hydrogen-bond donors (Lipinski definition) is 3. The molecule has 0 unspecified atom stereocenters. The first-order chi connectivity index (χ1) is 11.2. The summed E-state index contributed by atoms with van der Waals surface area (Å²) in [4.78, 5) is 25.3. The summed E-state index contributed by atoms with van der Waals surface area (Å²) < 4.78 is 0. The fourth-order valence-electron chi connectivity index (χ4n) is 2.65. The van der Waals surface area contributed by atoms with Crippen LogP contribution in [0.25, 0.3) is 0 Å². The Morgan fingerprint density at radius 2 is 1.91 bits per heavy atom. The molecule has 1 aliphatic rings. The van der Waals surface area contributed by atoms with Crippen LogP contribution in [-0.2, 0) is 4.79 Å². The second-order valence-corrected chi connectivity index (χ2v) is 5.72. The summed E-state index contributed by atoms with van der Waals surface area (Å²) in [5.41, 5.74) is 1.62. The van der Waals surface area contributed by atoms with Crippen molar-refractivity contribution in [2.45, 2.75) is 25.7 Å². The number of aliphatic hydroxyl groups excluding tert-OH is 1. The van der Waals surface area contributed by atoms with E-state index in [1.165, 1.54) is 6.42 Å². The van der Waals surface area contributed by atoms with Gasteiger partial charge >= 0.3 is 0 Å². The number of nitrogens with one attached hydrogen (secondary N) is 2. The third-order valence-corrected chi connectivity index (χ3v) is 3.90. The number of nitrogens with zero attached hydrogens (tertiary/aromatic N) is 1. The van der Waals surface area contributed by atoms with Gasteiger partial charge in [-0.25, -0.2) is 0 Å². The van der Waals surface area contributed by atoms with Crippen LogP contribution < -0.4 is 10.6 Å². The van der Waals surface area contributed by atoms with Crippen molar-refractivity contribution < 1.29 is 14.7 Å². The molecule has 23 heavy (non-hydrogen) atoms. The summed E-state index contributed by atoms with van der Waals surface area (Å²) in [5, 5.41) is 14.4. The van der Waals surface area contributed by atoms with E-state index in [0.717, 1.165) is 38.0 Å². The number of piperidine rings is 1. The average Bonchev–Trinajstić information content (AvgIpc) is 2.61. The number of anilines is 1. The third kappa shape index (κ3) is 5.56. The van der Waals surface area contributed by atoms with Crippen molar-refractivity contribution >= 4 is 17.5 Å². The first kappa shape index (κ1) is 17.3. The lowest BCUT2D eigenvalue weighted by Crippen LogP contribution is -2.35. The van der Waals surface area contributed by atoms with Crippen molar-refractivity contribution in [3.05, 3.63) is 29.8 Å². The Bertz CT molecular complexity index is 528. The molecule has 2 rings (SSSR count). The van der Waals surface area contributed by atoms with Gasteiger partial charge in [0.25, 0.3) is 5.91 Å². The average molecular weight is 319 g/mol. The number of carbonyl (C=O) groups excluding carboxylic acids is 2. The lowest BCUT2D eigenvalue weighted by atomic mass is 10.1. The first-order valence-electron chi connectivity index (χ1n) is 8.21. The van der Waals surface area contributed by atoms with Gasteiger partial charge in [0.15, 0.2) is 0 Å². The molecule has 0 saturated carbocycles. The molecule has 1 aromatic rings. The largest absolute Gasteiger partial charge is 0.387 e. The summed E-state index contributed by atoms with van der Waals surface area (Å²) in [6.45, 7) is 2.42. The zero-order valence-corrected chi connectivity index (χ0v) is 13.4. The highest BCUT2D eigenvalue weighted by Gasteiger charge is 2.18. The quantitative estimate of drug-likeness (QED) is 0.660. The second-order valence-electron chi connectivity index (χ2n) is 5.72. The maximum atomic E-state index is 12.5. The van der Waals surface area contributed by atoms with Gasteiger partial charge in [0.2, 0.25) is 5.91 Å². The second kappa shape index (κ2) is 9.15. The minimum atomic E-state index is -0.478. The predicted octanol–water partition coefficient (Wildman–Crippen LogP) is 1.22. The fraction of sp³-hybridized carbons (Fsp3) is 0.529. The number of hydrogen-bond acceptors (Lipinski definition) is 4. The molecule has 6 nitrogen and oxygen atoms in total. The lowest BCUT2D eigenvalue weighted by Gasteiger charge is -2.26. The monoisotopic (exact) mass is 319 g/mol. The summed E-state index contributed by atoms with van der Waals surface area (Å²) in [6.07, 6.45) is 4.13. The summed E-state index contributed by atoms with van der Waals surface area (Å²) in [7, 11) is 0. The van der Waals surface area contributed by atoms with E-state index in [0.29, 0.717) is 18.7 Å². The molecule has 1 fully saturated rings. The van der Waals surface area contributed by atoms with Gasteiger partial charge in [-0.3, -0.25) is 9.59 Å². The molecule has 0 bridgehead atoms. The third-order valence-electron chi connectivity index (χ3n) is 3.90. The Hall–Kier alpha value is -2.08. The normalized spacial score (nSPS) is 14.4. The molecular formula is C17H25N3O3. The van der Waals surface area contributed by atoms with Crippen molar-refractivity contribution in [1.82, 2.24) is 10.2 Å². The number of carbonyl (C=O) groups is 2. The first-order valence-corrected chi connectivity index (χ1v) is 8.21. The summed E-state index contributed by atoms with van der Waals surface area (Å²) in [5.74, 6) is -0.261. The van der Waals surface area contributed by atoms with E-state index in [9.17, 15) is 9.59 Å². The number of rotatable bonds is 7. The maximum absolute atomic E-state index is 12.5. The van der Waals surface area contributed by atoms with E-state index in [2.05, 4.69) is 10.6 Å². The van der Waals surface area contributed by atoms with Crippen molar-refractivity contribution in [3.63, 3.8) is 0 Å². The Morgan fingerprint density at radius 1 is 1.13 bits per heavy atom. The zero-order chi connectivity index (χ0) is 16.5. The van der Waals surface area contributed by atoms with Crippen molar-refractivity contribution in [3.8, 4) is 0 Å². The maximum Gasteiger partial charge on any atom is 0.253 e. The highest BCUT2D eigenvalue weighted by Crippen LogP contribution is 2.16. The molecule has 0 aromatic heterocycles. The Morgan fingerprint density at radius 3 is 2.65 bits per heavy atom. The van der Waals surface area contributed by atoms with E-state index in [-0.39, 0.29) is 11.8 Å². The van der Waals surface area contributed by atoms with Gasteiger partial charge in [0.1, 0.15) is 6.61 Å². The molecule has 0 spiro atoms. The van der Waals surface area contributed by atoms with Crippen LogP contribution in [-0.4, -0.2) is 54.6 Å². The van der Waals surface area contributed by atoms with Crippen LogP contribution in [0.3, 0.4) is 0 Å². The van der Waals surface area contributed by atoms with Crippen molar-refractivity contribution in [2.75, 3.05) is 38.1 Å². The molecule has 6 heteroatoms. The van der Waals surface area contributed by atoms with Crippen LogP contribution in [0.4, 0.5) is 5.69 Å². The SMILES string of the molecule is O=C(CO)NCCCNc1cccc(C(=O)N2CCCCC2)c1. The molecule has 1 aliphatic heterocycles. The Labute approximate surface area is 136 Å². The molecule has 2 amide bonds. The van der Waals surface area contributed by atoms with Crippen molar-refractivity contribution in [1.29, 1.82) is 0 Å². The molecule has 1 heterocycles. The zero-order valence-electron chi connectivity index (χ0n) is 13.4. The van der Waals surface area contributed by atoms with Gasteiger partial charge < -0.3 is 20.6 Å². The molecular weight excluding hydrogens is 294 g/mol. The highest BCUT2D eigenvalue weighted by atomic mass is 16.3. The van der Waals surface area contributed by atoms with Gasteiger partial charge in [0, 0.05) is 37.4 Å². The minimum absolute atomic E-state index is 0.101. The van der Waals surface area contributed by atoms with E-state index < -0.39 is 6.61 Å². The van der Waals surface area contributed by atoms with Gasteiger partial charge in [-0.15, -0.1) is 0 Å². The van der Waals surface area contributed by atoms with Crippen LogP contribution in [0.2, 0.25) is 0 Å². The lowest BCUT2D eigenvalue weighted by molar-refractivity contribution is -0.123. The van der Waals surface area contributed by atoms with Gasteiger partial charge in [-0.2, -0.15) is 0 Å². The predicted molar refractivity (Wildman–Crippen MR) is 89.4 cm³/mol. The molecule has 0 radical (unpaired) electrons. The summed E-state index contributed by atoms with van der Waals surface area (Å²) in [6, 6.07) is 7.54. The van der Waals surface area contributed by atoms with Crippen LogP contribution in [0.5, 0.6) is 0 Å². The van der Waals surface area contributed by atoms with E-state index in [1.807, 2.05) is 29.2 Å².